The van der Waals surface area contributed by atoms with Gasteiger partial charge in [-0.2, -0.15) is 0 Å². The van der Waals surface area contributed by atoms with Crippen molar-refractivity contribution in [2.24, 2.45) is 5.92 Å². The van der Waals surface area contributed by atoms with Crippen LogP contribution in [0.4, 0.5) is 5.69 Å². The summed E-state index contributed by atoms with van der Waals surface area (Å²) in [5.41, 5.74) is 1.26. The first-order chi connectivity index (χ1) is 9.84. The summed E-state index contributed by atoms with van der Waals surface area (Å²) in [6, 6.07) is 10.4. The maximum absolute atomic E-state index is 12.4. The van der Waals surface area contributed by atoms with Gasteiger partial charge >= 0.3 is 0 Å². The summed E-state index contributed by atoms with van der Waals surface area (Å²) in [5, 5.41) is 0. The molecular formula is C16H22N2O2. The van der Waals surface area contributed by atoms with Crippen LogP contribution in [-0.4, -0.2) is 50.2 Å². The van der Waals surface area contributed by atoms with Gasteiger partial charge in [-0.15, -0.1) is 0 Å². The van der Waals surface area contributed by atoms with E-state index in [1.165, 1.54) is 5.69 Å². The number of nitrogens with zero attached hydrogens (tertiary/aromatic N) is 2. The van der Waals surface area contributed by atoms with E-state index in [-0.39, 0.29) is 5.92 Å². The highest BCUT2D eigenvalue weighted by molar-refractivity contribution is 5.79. The maximum atomic E-state index is 12.4. The van der Waals surface area contributed by atoms with Crippen LogP contribution >= 0.6 is 0 Å². The van der Waals surface area contributed by atoms with Gasteiger partial charge in [0.2, 0.25) is 5.91 Å². The van der Waals surface area contributed by atoms with E-state index < -0.39 is 0 Å². The minimum Gasteiger partial charge on any atom is -0.381 e. The molecule has 0 aliphatic carbocycles. The molecule has 4 nitrogen and oxygen atoms in total. The molecule has 20 heavy (non-hydrogen) atoms. The van der Waals surface area contributed by atoms with Gasteiger partial charge in [-0.1, -0.05) is 18.2 Å². The van der Waals surface area contributed by atoms with Crippen LogP contribution in [0.15, 0.2) is 30.3 Å². The number of rotatable bonds is 2. The summed E-state index contributed by atoms with van der Waals surface area (Å²) < 4.78 is 5.33. The lowest BCUT2D eigenvalue weighted by molar-refractivity contribution is -0.138. The first-order valence-electron chi connectivity index (χ1n) is 7.51. The van der Waals surface area contributed by atoms with Crippen LogP contribution in [0, 0.1) is 5.92 Å². The zero-order valence-electron chi connectivity index (χ0n) is 11.8. The number of para-hydroxylation sites is 1. The van der Waals surface area contributed by atoms with Crippen molar-refractivity contribution in [3.05, 3.63) is 30.3 Å². The van der Waals surface area contributed by atoms with Crippen LogP contribution in [-0.2, 0) is 9.53 Å². The molecule has 2 aliphatic heterocycles. The van der Waals surface area contributed by atoms with Crippen LogP contribution in [0.2, 0.25) is 0 Å². The summed E-state index contributed by atoms with van der Waals surface area (Å²) in [6.07, 6.45) is 1.77. The molecule has 4 heteroatoms. The highest BCUT2D eigenvalue weighted by atomic mass is 16.5. The Balaban J connectivity index is 1.54. The fourth-order valence-corrected chi connectivity index (χ4v) is 3.03. The van der Waals surface area contributed by atoms with Crippen molar-refractivity contribution in [3.63, 3.8) is 0 Å². The van der Waals surface area contributed by atoms with Crippen molar-refractivity contribution in [3.8, 4) is 0 Å². The van der Waals surface area contributed by atoms with Crippen molar-refractivity contribution in [2.45, 2.75) is 12.8 Å². The van der Waals surface area contributed by atoms with E-state index in [2.05, 4.69) is 29.2 Å². The molecular weight excluding hydrogens is 252 g/mol. The fourth-order valence-electron chi connectivity index (χ4n) is 3.03. The number of carbonyl (C=O) groups excluding carboxylic acids is 1. The molecule has 0 N–H and O–H groups in total. The quantitative estimate of drug-likeness (QED) is 0.824. The van der Waals surface area contributed by atoms with Crippen molar-refractivity contribution >= 4 is 11.6 Å². The lowest BCUT2D eigenvalue weighted by Gasteiger charge is -2.38. The molecule has 1 amide bonds. The van der Waals surface area contributed by atoms with Crippen LogP contribution < -0.4 is 4.90 Å². The summed E-state index contributed by atoms with van der Waals surface area (Å²) in [7, 11) is 0. The molecule has 2 aliphatic rings. The minimum absolute atomic E-state index is 0.187. The first kappa shape index (κ1) is 13.4. The fraction of sp³-hybridized carbons (Fsp3) is 0.562. The Hall–Kier alpha value is -1.55. The molecule has 0 bridgehead atoms. The van der Waals surface area contributed by atoms with Crippen LogP contribution in [0.3, 0.4) is 0 Å². The van der Waals surface area contributed by atoms with E-state index in [0.29, 0.717) is 5.91 Å². The van der Waals surface area contributed by atoms with Gasteiger partial charge in [-0.05, 0) is 25.0 Å². The number of hydrogen-bond acceptors (Lipinski definition) is 3. The van der Waals surface area contributed by atoms with Gasteiger partial charge in [0.05, 0.1) is 0 Å². The summed E-state index contributed by atoms with van der Waals surface area (Å²) in [4.78, 5) is 16.8. The van der Waals surface area contributed by atoms with Crippen molar-refractivity contribution in [2.75, 3.05) is 44.3 Å². The van der Waals surface area contributed by atoms with Crippen molar-refractivity contribution in [1.82, 2.24) is 4.90 Å². The molecule has 0 unspecified atom stereocenters. The molecule has 3 rings (SSSR count). The molecule has 0 atom stereocenters. The van der Waals surface area contributed by atoms with Gasteiger partial charge in [-0.3, -0.25) is 4.79 Å². The van der Waals surface area contributed by atoms with Gasteiger partial charge < -0.3 is 14.5 Å². The summed E-state index contributed by atoms with van der Waals surface area (Å²) in [5.74, 6) is 0.521. The lowest BCUT2D eigenvalue weighted by atomic mass is 9.98. The molecule has 2 heterocycles. The standard InChI is InChI=1S/C16H22N2O2/c19-16(14-6-12-20-13-7-14)18-10-8-17(9-11-18)15-4-2-1-3-5-15/h1-5,14H,6-13H2. The number of piperazine rings is 1. The Morgan fingerprint density at radius 1 is 1.00 bits per heavy atom. The number of amides is 1. The van der Waals surface area contributed by atoms with E-state index in [1.54, 1.807) is 0 Å². The molecule has 0 spiro atoms. The van der Waals surface area contributed by atoms with Gasteiger partial charge in [0.15, 0.2) is 0 Å². The monoisotopic (exact) mass is 274 g/mol. The predicted octanol–water partition coefficient (Wildman–Crippen LogP) is 1.76. The van der Waals surface area contributed by atoms with Gasteiger partial charge in [-0.25, -0.2) is 0 Å². The Labute approximate surface area is 120 Å². The molecule has 0 aromatic heterocycles. The molecule has 1 aromatic carbocycles. The zero-order valence-corrected chi connectivity index (χ0v) is 11.8. The smallest absolute Gasteiger partial charge is 0.225 e. The molecule has 0 radical (unpaired) electrons. The van der Waals surface area contributed by atoms with Crippen LogP contribution in [0.1, 0.15) is 12.8 Å². The second-order valence-electron chi connectivity index (χ2n) is 5.53. The highest BCUT2D eigenvalue weighted by Gasteiger charge is 2.28. The second kappa shape index (κ2) is 6.27. The lowest BCUT2D eigenvalue weighted by Crippen LogP contribution is -2.51. The van der Waals surface area contributed by atoms with Crippen LogP contribution in [0.5, 0.6) is 0 Å². The number of anilines is 1. The SMILES string of the molecule is O=C(C1CCOCC1)N1CCN(c2ccccc2)CC1. The van der Waals surface area contributed by atoms with Gasteiger partial charge in [0, 0.05) is 51.0 Å². The van der Waals surface area contributed by atoms with E-state index in [0.717, 1.165) is 52.2 Å². The van der Waals surface area contributed by atoms with E-state index in [4.69, 9.17) is 4.74 Å². The van der Waals surface area contributed by atoms with Gasteiger partial charge in [0.25, 0.3) is 0 Å². The van der Waals surface area contributed by atoms with Crippen molar-refractivity contribution < 1.29 is 9.53 Å². The predicted molar refractivity (Wildman–Crippen MR) is 78.8 cm³/mol. The highest BCUT2D eigenvalue weighted by Crippen LogP contribution is 2.20. The molecule has 108 valence electrons. The topological polar surface area (TPSA) is 32.8 Å². The third kappa shape index (κ3) is 2.96. The molecule has 0 saturated carbocycles. The van der Waals surface area contributed by atoms with E-state index in [1.807, 2.05) is 11.0 Å². The van der Waals surface area contributed by atoms with E-state index in [9.17, 15) is 4.79 Å². The minimum atomic E-state index is 0.187. The summed E-state index contributed by atoms with van der Waals surface area (Å²) in [6.45, 7) is 5.01. The average molecular weight is 274 g/mol. The maximum Gasteiger partial charge on any atom is 0.225 e. The summed E-state index contributed by atoms with van der Waals surface area (Å²) >= 11 is 0. The third-order valence-electron chi connectivity index (χ3n) is 4.28. The molecule has 2 saturated heterocycles. The molecule has 2 fully saturated rings. The normalized spacial score (nSPS) is 21.0. The number of carbonyl (C=O) groups is 1. The Morgan fingerprint density at radius 3 is 2.30 bits per heavy atom. The Bertz CT molecular complexity index is 435. The Kier molecular flexibility index (Phi) is 4.21. The number of hydrogen-bond donors (Lipinski definition) is 0. The second-order valence-corrected chi connectivity index (χ2v) is 5.53. The third-order valence-corrected chi connectivity index (χ3v) is 4.28. The van der Waals surface area contributed by atoms with E-state index >= 15 is 0 Å². The van der Waals surface area contributed by atoms with Crippen molar-refractivity contribution in [1.29, 1.82) is 0 Å². The average Bonchev–Trinajstić information content (AvgIpc) is 2.56. The Morgan fingerprint density at radius 2 is 1.65 bits per heavy atom. The zero-order chi connectivity index (χ0) is 13.8. The van der Waals surface area contributed by atoms with Crippen LogP contribution in [0.25, 0.3) is 0 Å². The number of ether oxygens (including phenoxy) is 1. The molecule has 1 aromatic rings. The largest absolute Gasteiger partial charge is 0.381 e. The number of benzene rings is 1. The van der Waals surface area contributed by atoms with Gasteiger partial charge in [0.1, 0.15) is 0 Å². The first-order valence-corrected chi connectivity index (χ1v) is 7.51.